The van der Waals surface area contributed by atoms with Gasteiger partial charge in [-0.25, -0.2) is 13.1 Å². The third kappa shape index (κ3) is 4.55. The van der Waals surface area contributed by atoms with Gasteiger partial charge in [0.1, 0.15) is 4.99 Å². The second-order valence-corrected chi connectivity index (χ2v) is 6.52. The zero-order chi connectivity index (χ0) is 15.3. The summed E-state index contributed by atoms with van der Waals surface area (Å²) in [6.07, 6.45) is 0.500. The highest BCUT2D eigenvalue weighted by Gasteiger charge is 2.15. The fourth-order valence-electron chi connectivity index (χ4n) is 1.63. The molecule has 1 aromatic rings. The van der Waals surface area contributed by atoms with Crippen LogP contribution in [0.15, 0.2) is 23.1 Å². The quantitative estimate of drug-likeness (QED) is 0.490. The van der Waals surface area contributed by atoms with Crippen LogP contribution in [0.5, 0.6) is 0 Å². The number of carbonyl (C=O) groups excluding carboxylic acids is 1. The molecular formula is C12H17N3O3S2. The van der Waals surface area contributed by atoms with Crippen LogP contribution in [0, 0.1) is 6.92 Å². The molecular weight excluding hydrogens is 298 g/mol. The largest absolute Gasteiger partial charge is 0.389 e. The molecule has 0 atom stereocenters. The van der Waals surface area contributed by atoms with Gasteiger partial charge in [-0.15, -0.1) is 0 Å². The molecule has 1 rings (SSSR count). The lowest BCUT2D eigenvalue weighted by Gasteiger charge is -2.09. The molecule has 0 bridgehead atoms. The standard InChI is InChI=1S/C12H17N3O3S2/c1-8-7-9(4-5-10(8)12(14)19)20(17,18)15-6-2-3-11(13)16/h4-5,7,15H,2-3,6H2,1H3,(H2,13,16)(H2,14,19). The predicted molar refractivity (Wildman–Crippen MR) is 80.7 cm³/mol. The molecule has 0 aliphatic heterocycles. The molecule has 0 spiro atoms. The number of hydrogen-bond donors (Lipinski definition) is 3. The van der Waals surface area contributed by atoms with Gasteiger partial charge in [0.2, 0.25) is 15.9 Å². The van der Waals surface area contributed by atoms with E-state index in [2.05, 4.69) is 4.72 Å². The van der Waals surface area contributed by atoms with Crippen molar-refractivity contribution in [3.63, 3.8) is 0 Å². The number of sulfonamides is 1. The van der Waals surface area contributed by atoms with E-state index in [1.165, 1.54) is 12.1 Å². The first-order valence-corrected chi connectivity index (χ1v) is 7.81. The van der Waals surface area contributed by atoms with Gasteiger partial charge in [0.15, 0.2) is 0 Å². The van der Waals surface area contributed by atoms with Crippen LogP contribution in [0.1, 0.15) is 24.0 Å². The normalized spacial score (nSPS) is 11.2. The number of hydrogen-bond acceptors (Lipinski definition) is 4. The average molecular weight is 315 g/mol. The minimum absolute atomic E-state index is 0.133. The molecule has 0 saturated heterocycles. The van der Waals surface area contributed by atoms with E-state index in [4.69, 9.17) is 23.7 Å². The van der Waals surface area contributed by atoms with Crippen molar-refractivity contribution in [2.45, 2.75) is 24.7 Å². The summed E-state index contributed by atoms with van der Waals surface area (Å²) in [7, 11) is -3.61. The number of rotatable bonds is 7. The Morgan fingerprint density at radius 3 is 2.50 bits per heavy atom. The van der Waals surface area contributed by atoms with Crippen LogP contribution in [0.25, 0.3) is 0 Å². The van der Waals surface area contributed by atoms with Crippen LogP contribution in [0.4, 0.5) is 0 Å². The van der Waals surface area contributed by atoms with Gasteiger partial charge in [-0.1, -0.05) is 18.3 Å². The van der Waals surface area contributed by atoms with E-state index < -0.39 is 15.9 Å². The van der Waals surface area contributed by atoms with Crippen LogP contribution in [-0.2, 0) is 14.8 Å². The van der Waals surface area contributed by atoms with Crippen molar-refractivity contribution < 1.29 is 13.2 Å². The van der Waals surface area contributed by atoms with Gasteiger partial charge < -0.3 is 11.5 Å². The summed E-state index contributed by atoms with van der Waals surface area (Å²) < 4.78 is 26.4. The Balaban J connectivity index is 2.80. The number of benzene rings is 1. The molecule has 0 heterocycles. The Hall–Kier alpha value is -1.51. The highest BCUT2D eigenvalue weighted by Crippen LogP contribution is 2.15. The first kappa shape index (κ1) is 16.5. The Kier molecular flexibility index (Phi) is 5.61. The maximum Gasteiger partial charge on any atom is 0.240 e. The highest BCUT2D eigenvalue weighted by molar-refractivity contribution is 7.89. The first-order chi connectivity index (χ1) is 9.24. The lowest BCUT2D eigenvalue weighted by atomic mass is 10.1. The zero-order valence-corrected chi connectivity index (χ0v) is 12.7. The van der Waals surface area contributed by atoms with Crippen LogP contribution in [0.3, 0.4) is 0 Å². The van der Waals surface area contributed by atoms with Gasteiger partial charge in [-0.3, -0.25) is 4.79 Å². The van der Waals surface area contributed by atoms with E-state index in [9.17, 15) is 13.2 Å². The molecule has 0 aromatic heterocycles. The number of thiocarbonyl (C=S) groups is 1. The Morgan fingerprint density at radius 1 is 1.35 bits per heavy atom. The van der Waals surface area contributed by atoms with Gasteiger partial charge in [-0.05, 0) is 31.0 Å². The van der Waals surface area contributed by atoms with Crippen LogP contribution >= 0.6 is 12.2 Å². The Bertz CT molecular complexity index is 627. The van der Waals surface area contributed by atoms with Gasteiger partial charge in [-0.2, -0.15) is 0 Å². The third-order valence-electron chi connectivity index (χ3n) is 2.67. The maximum absolute atomic E-state index is 12.0. The topological polar surface area (TPSA) is 115 Å². The second-order valence-electron chi connectivity index (χ2n) is 4.31. The van der Waals surface area contributed by atoms with Gasteiger partial charge in [0.25, 0.3) is 0 Å². The van der Waals surface area contributed by atoms with Crippen molar-refractivity contribution in [1.29, 1.82) is 0 Å². The summed E-state index contributed by atoms with van der Waals surface area (Å²) in [5, 5.41) is 0. The van der Waals surface area contributed by atoms with Gasteiger partial charge in [0, 0.05) is 18.5 Å². The highest BCUT2D eigenvalue weighted by atomic mass is 32.2. The summed E-state index contributed by atoms with van der Waals surface area (Å²) in [5.74, 6) is -0.458. The van der Waals surface area contributed by atoms with E-state index in [-0.39, 0.29) is 22.8 Å². The molecule has 20 heavy (non-hydrogen) atoms. The van der Waals surface area contributed by atoms with Crippen LogP contribution in [0.2, 0.25) is 0 Å². The van der Waals surface area contributed by atoms with Crippen LogP contribution < -0.4 is 16.2 Å². The monoisotopic (exact) mass is 315 g/mol. The molecule has 0 radical (unpaired) electrons. The summed E-state index contributed by atoms with van der Waals surface area (Å²) in [5.41, 5.74) is 11.8. The first-order valence-electron chi connectivity index (χ1n) is 5.92. The van der Waals surface area contributed by atoms with Crippen molar-refractivity contribution in [1.82, 2.24) is 4.72 Å². The number of carbonyl (C=O) groups is 1. The molecule has 6 nitrogen and oxygen atoms in total. The second kappa shape index (κ2) is 6.78. The Morgan fingerprint density at radius 2 is 2.00 bits per heavy atom. The molecule has 0 aliphatic carbocycles. The van der Waals surface area contributed by atoms with Gasteiger partial charge >= 0.3 is 0 Å². The SMILES string of the molecule is Cc1cc(S(=O)(=O)NCCCC(N)=O)ccc1C(N)=S. The molecule has 0 fully saturated rings. The smallest absolute Gasteiger partial charge is 0.240 e. The number of nitrogens with two attached hydrogens (primary N) is 2. The summed E-state index contributed by atoms with van der Waals surface area (Å²) >= 11 is 4.87. The average Bonchev–Trinajstić information content (AvgIpc) is 2.34. The number of aryl methyl sites for hydroxylation is 1. The number of primary amides is 1. The summed E-state index contributed by atoms with van der Waals surface area (Å²) in [6, 6.07) is 4.53. The molecule has 1 aromatic carbocycles. The summed E-state index contributed by atoms with van der Waals surface area (Å²) in [4.78, 5) is 10.9. The fourth-order valence-corrected chi connectivity index (χ4v) is 3.02. The Labute approximate surface area is 123 Å². The van der Waals surface area contributed by atoms with Gasteiger partial charge in [0.05, 0.1) is 4.90 Å². The molecule has 1 amide bonds. The number of nitrogens with one attached hydrogen (secondary N) is 1. The van der Waals surface area contributed by atoms with Crippen molar-refractivity contribution >= 4 is 33.1 Å². The fraction of sp³-hybridized carbons (Fsp3) is 0.333. The molecule has 0 saturated carbocycles. The molecule has 0 unspecified atom stereocenters. The zero-order valence-electron chi connectivity index (χ0n) is 11.0. The van der Waals surface area contributed by atoms with Crippen molar-refractivity contribution in [2.24, 2.45) is 11.5 Å². The van der Waals surface area contributed by atoms with E-state index in [1.54, 1.807) is 13.0 Å². The van der Waals surface area contributed by atoms with Crippen LogP contribution in [-0.4, -0.2) is 25.9 Å². The lowest BCUT2D eigenvalue weighted by molar-refractivity contribution is -0.118. The summed E-state index contributed by atoms with van der Waals surface area (Å²) in [6.45, 7) is 1.89. The third-order valence-corrected chi connectivity index (χ3v) is 4.34. The van der Waals surface area contributed by atoms with E-state index in [0.29, 0.717) is 17.5 Å². The molecule has 5 N–H and O–H groups in total. The predicted octanol–water partition coefficient (Wildman–Crippen LogP) is 0.173. The van der Waals surface area contributed by atoms with E-state index in [0.717, 1.165) is 0 Å². The van der Waals surface area contributed by atoms with E-state index >= 15 is 0 Å². The minimum Gasteiger partial charge on any atom is -0.389 e. The molecule has 110 valence electrons. The van der Waals surface area contributed by atoms with E-state index in [1.807, 2.05) is 0 Å². The lowest BCUT2D eigenvalue weighted by Crippen LogP contribution is -2.26. The van der Waals surface area contributed by atoms with Crippen molar-refractivity contribution in [2.75, 3.05) is 6.54 Å². The molecule has 0 aliphatic rings. The van der Waals surface area contributed by atoms with Crippen molar-refractivity contribution in [3.8, 4) is 0 Å². The van der Waals surface area contributed by atoms with Crippen molar-refractivity contribution in [3.05, 3.63) is 29.3 Å². The maximum atomic E-state index is 12.0. The minimum atomic E-state index is -3.61. The molecule has 8 heteroatoms. The number of amides is 1.